The summed E-state index contributed by atoms with van der Waals surface area (Å²) in [5.74, 6) is -1.18. The van der Waals surface area contributed by atoms with Crippen LogP contribution in [-0.2, 0) is 4.79 Å². The molecular formula is C16H12Cl2N2O4S. The quantitative estimate of drug-likeness (QED) is 0.667. The van der Waals surface area contributed by atoms with E-state index in [4.69, 9.17) is 45.3 Å². The molecule has 25 heavy (non-hydrogen) atoms. The van der Waals surface area contributed by atoms with Crippen LogP contribution in [0.15, 0.2) is 42.5 Å². The lowest BCUT2D eigenvalue weighted by atomic mass is 10.2. The van der Waals surface area contributed by atoms with Gasteiger partial charge in [-0.05, 0) is 54.7 Å². The van der Waals surface area contributed by atoms with Crippen molar-refractivity contribution in [2.45, 2.75) is 0 Å². The van der Waals surface area contributed by atoms with E-state index in [-0.39, 0.29) is 17.3 Å². The SMILES string of the molecule is O=C(COc1ccc(Cl)cc1Cl)NC(=S)Nc1ccc(C(=O)O)cc1. The number of carbonyl (C=O) groups is 2. The molecule has 0 saturated heterocycles. The van der Waals surface area contributed by atoms with Gasteiger partial charge in [-0.3, -0.25) is 10.1 Å². The standard InChI is InChI=1S/C16H12Cl2N2O4S/c17-10-3-6-13(12(18)7-10)24-8-14(21)20-16(25)19-11-4-1-9(2-5-11)15(22)23/h1-7H,8H2,(H,22,23)(H2,19,20,21,25). The second-order valence-corrected chi connectivity index (χ2v) is 6.00. The summed E-state index contributed by atoms with van der Waals surface area (Å²) in [7, 11) is 0. The Morgan fingerprint density at radius 1 is 1.12 bits per heavy atom. The van der Waals surface area contributed by atoms with Gasteiger partial charge in [-0.1, -0.05) is 23.2 Å². The predicted molar refractivity (Wildman–Crippen MR) is 99.7 cm³/mol. The fourth-order valence-electron chi connectivity index (χ4n) is 1.76. The molecule has 0 atom stereocenters. The fraction of sp³-hybridized carbons (Fsp3) is 0.0625. The lowest BCUT2D eigenvalue weighted by Crippen LogP contribution is -2.37. The third-order valence-corrected chi connectivity index (χ3v) is 3.63. The molecule has 0 radical (unpaired) electrons. The van der Waals surface area contributed by atoms with E-state index in [2.05, 4.69) is 10.6 Å². The number of carboxylic acids is 1. The number of ether oxygens (including phenoxy) is 1. The maximum atomic E-state index is 11.8. The van der Waals surface area contributed by atoms with Crippen molar-refractivity contribution in [1.82, 2.24) is 5.32 Å². The van der Waals surface area contributed by atoms with Crippen LogP contribution in [0.1, 0.15) is 10.4 Å². The van der Waals surface area contributed by atoms with Gasteiger partial charge in [0.25, 0.3) is 5.91 Å². The molecule has 1 amide bonds. The number of carbonyl (C=O) groups excluding carboxylic acids is 1. The number of rotatable bonds is 5. The number of carboxylic acid groups (broad SMARTS) is 1. The maximum Gasteiger partial charge on any atom is 0.335 e. The highest BCUT2D eigenvalue weighted by Gasteiger charge is 2.09. The highest BCUT2D eigenvalue weighted by atomic mass is 35.5. The van der Waals surface area contributed by atoms with Crippen molar-refractivity contribution in [3.63, 3.8) is 0 Å². The van der Waals surface area contributed by atoms with E-state index in [9.17, 15) is 9.59 Å². The minimum atomic E-state index is -1.03. The molecule has 0 spiro atoms. The number of halogens is 2. The van der Waals surface area contributed by atoms with Crippen LogP contribution in [0.4, 0.5) is 5.69 Å². The summed E-state index contributed by atoms with van der Waals surface area (Å²) in [5.41, 5.74) is 0.686. The Bertz CT molecular complexity index is 812. The molecule has 0 aliphatic carbocycles. The topological polar surface area (TPSA) is 87.7 Å². The van der Waals surface area contributed by atoms with Crippen molar-refractivity contribution in [3.05, 3.63) is 58.1 Å². The Morgan fingerprint density at radius 2 is 1.80 bits per heavy atom. The molecule has 2 aromatic rings. The van der Waals surface area contributed by atoms with Crippen LogP contribution in [0.3, 0.4) is 0 Å². The first-order chi connectivity index (χ1) is 11.8. The Hall–Kier alpha value is -2.35. The van der Waals surface area contributed by atoms with Crippen LogP contribution in [0.5, 0.6) is 5.75 Å². The maximum absolute atomic E-state index is 11.8. The highest BCUT2D eigenvalue weighted by molar-refractivity contribution is 7.80. The summed E-state index contributed by atoms with van der Waals surface area (Å²) < 4.78 is 5.29. The molecule has 0 aliphatic heterocycles. The van der Waals surface area contributed by atoms with Gasteiger partial charge in [0.05, 0.1) is 10.6 Å². The van der Waals surface area contributed by atoms with Crippen molar-refractivity contribution in [1.29, 1.82) is 0 Å². The second kappa shape index (κ2) is 8.66. The number of thiocarbonyl (C=S) groups is 1. The molecular weight excluding hydrogens is 387 g/mol. The van der Waals surface area contributed by atoms with Gasteiger partial charge in [-0.2, -0.15) is 0 Å². The first-order valence-corrected chi connectivity index (χ1v) is 8.03. The second-order valence-electron chi connectivity index (χ2n) is 4.75. The summed E-state index contributed by atoms with van der Waals surface area (Å²) in [5, 5.41) is 14.8. The van der Waals surface area contributed by atoms with Gasteiger partial charge >= 0.3 is 5.97 Å². The Kier molecular flexibility index (Phi) is 6.58. The van der Waals surface area contributed by atoms with Gasteiger partial charge in [-0.15, -0.1) is 0 Å². The fourth-order valence-corrected chi connectivity index (χ4v) is 2.45. The third kappa shape index (κ3) is 5.90. The number of hydrogen-bond donors (Lipinski definition) is 3. The Balaban J connectivity index is 1.83. The van der Waals surface area contributed by atoms with Crippen molar-refractivity contribution >= 4 is 58.1 Å². The molecule has 3 N–H and O–H groups in total. The predicted octanol–water partition coefficient (Wildman–Crippen LogP) is 3.58. The van der Waals surface area contributed by atoms with Crippen LogP contribution in [0.25, 0.3) is 0 Å². The summed E-state index contributed by atoms with van der Waals surface area (Å²) in [4.78, 5) is 22.6. The van der Waals surface area contributed by atoms with Crippen LogP contribution in [0, 0.1) is 0 Å². The smallest absolute Gasteiger partial charge is 0.335 e. The Labute approximate surface area is 158 Å². The summed E-state index contributed by atoms with van der Waals surface area (Å²) in [6, 6.07) is 10.6. The number of hydrogen-bond acceptors (Lipinski definition) is 4. The van der Waals surface area contributed by atoms with Crippen molar-refractivity contribution in [2.75, 3.05) is 11.9 Å². The summed E-state index contributed by atoms with van der Waals surface area (Å²) in [6.45, 7) is -0.291. The van der Waals surface area contributed by atoms with Crippen molar-refractivity contribution in [3.8, 4) is 5.75 Å². The number of aromatic carboxylic acids is 1. The molecule has 130 valence electrons. The molecule has 0 saturated carbocycles. The molecule has 2 aromatic carbocycles. The highest BCUT2D eigenvalue weighted by Crippen LogP contribution is 2.27. The zero-order valence-electron chi connectivity index (χ0n) is 12.6. The molecule has 0 aliphatic rings. The minimum absolute atomic E-state index is 0.0545. The zero-order chi connectivity index (χ0) is 18.4. The normalized spacial score (nSPS) is 10.0. The lowest BCUT2D eigenvalue weighted by Gasteiger charge is -2.11. The van der Waals surface area contributed by atoms with E-state index in [1.165, 1.54) is 30.3 Å². The van der Waals surface area contributed by atoms with E-state index in [1.54, 1.807) is 12.1 Å². The average molecular weight is 399 g/mol. The molecule has 0 unspecified atom stereocenters. The molecule has 9 heteroatoms. The van der Waals surface area contributed by atoms with E-state index >= 15 is 0 Å². The number of nitrogens with one attached hydrogen (secondary N) is 2. The van der Waals surface area contributed by atoms with Gasteiger partial charge in [0.15, 0.2) is 11.7 Å². The van der Waals surface area contributed by atoms with E-state index in [0.717, 1.165) is 0 Å². The van der Waals surface area contributed by atoms with Crippen LogP contribution in [0.2, 0.25) is 10.0 Å². The number of benzene rings is 2. The minimum Gasteiger partial charge on any atom is -0.482 e. The van der Waals surface area contributed by atoms with E-state index in [0.29, 0.717) is 21.5 Å². The van der Waals surface area contributed by atoms with Gasteiger partial charge in [-0.25, -0.2) is 4.79 Å². The first kappa shape index (κ1) is 19.0. The van der Waals surface area contributed by atoms with Crippen molar-refractivity contribution < 1.29 is 19.4 Å². The largest absolute Gasteiger partial charge is 0.482 e. The monoisotopic (exact) mass is 398 g/mol. The molecule has 2 rings (SSSR count). The van der Waals surface area contributed by atoms with Gasteiger partial charge in [0, 0.05) is 10.7 Å². The third-order valence-electron chi connectivity index (χ3n) is 2.90. The first-order valence-electron chi connectivity index (χ1n) is 6.87. The Morgan fingerprint density at radius 3 is 2.40 bits per heavy atom. The van der Waals surface area contributed by atoms with E-state index < -0.39 is 11.9 Å². The van der Waals surface area contributed by atoms with Gasteiger partial charge in [0.2, 0.25) is 0 Å². The average Bonchev–Trinajstić information content (AvgIpc) is 2.54. The van der Waals surface area contributed by atoms with Gasteiger partial charge in [0.1, 0.15) is 5.75 Å². The van der Waals surface area contributed by atoms with Gasteiger partial charge < -0.3 is 15.2 Å². The van der Waals surface area contributed by atoms with Crippen molar-refractivity contribution in [2.24, 2.45) is 0 Å². The number of anilines is 1. The molecule has 6 nitrogen and oxygen atoms in total. The molecule has 0 heterocycles. The van der Waals surface area contributed by atoms with Crippen LogP contribution >= 0.6 is 35.4 Å². The summed E-state index contributed by atoms with van der Waals surface area (Å²) >= 11 is 16.7. The molecule has 0 fully saturated rings. The molecule has 0 aromatic heterocycles. The number of amides is 1. The van der Waals surface area contributed by atoms with E-state index in [1.807, 2.05) is 0 Å². The van der Waals surface area contributed by atoms with Crippen LogP contribution in [-0.4, -0.2) is 28.7 Å². The zero-order valence-corrected chi connectivity index (χ0v) is 14.9. The lowest BCUT2D eigenvalue weighted by molar-refractivity contribution is -0.121. The summed E-state index contributed by atoms with van der Waals surface area (Å²) in [6.07, 6.45) is 0. The molecule has 0 bridgehead atoms. The van der Waals surface area contributed by atoms with Crippen LogP contribution < -0.4 is 15.4 Å².